The maximum absolute atomic E-state index is 6.21. The van der Waals surface area contributed by atoms with Gasteiger partial charge in [0.1, 0.15) is 6.33 Å². The van der Waals surface area contributed by atoms with Crippen molar-refractivity contribution >= 4 is 11.6 Å². The third-order valence-electron chi connectivity index (χ3n) is 4.06. The number of halogens is 1. The van der Waals surface area contributed by atoms with Crippen LogP contribution in [-0.4, -0.2) is 41.2 Å². The Hall–Kier alpha value is -2.38. The monoisotopic (exact) mass is 341 g/mol. The van der Waals surface area contributed by atoms with E-state index in [1.807, 2.05) is 19.4 Å². The van der Waals surface area contributed by atoms with Crippen molar-refractivity contribution in [3.05, 3.63) is 53.1 Å². The molecule has 3 aromatic rings. The minimum absolute atomic E-state index is 0.676. The average molecular weight is 342 g/mol. The quantitative estimate of drug-likeness (QED) is 0.724. The van der Waals surface area contributed by atoms with E-state index in [4.69, 9.17) is 11.6 Å². The number of aryl methyl sites for hydroxylation is 1. The van der Waals surface area contributed by atoms with Gasteiger partial charge in [0.05, 0.1) is 22.0 Å². The van der Waals surface area contributed by atoms with E-state index in [1.54, 1.807) is 17.1 Å². The van der Waals surface area contributed by atoms with Crippen LogP contribution < -0.4 is 0 Å². The van der Waals surface area contributed by atoms with Crippen LogP contribution in [-0.2, 0) is 26.6 Å². The highest BCUT2D eigenvalue weighted by Gasteiger charge is 2.20. The molecule has 0 saturated heterocycles. The Bertz CT molecular complexity index is 862. The number of fused-ring (bicyclic) bond motifs is 1. The Kier molecular flexibility index (Phi) is 3.95. The molecule has 0 unspecified atom stereocenters. The van der Waals surface area contributed by atoms with Gasteiger partial charge in [0.2, 0.25) is 0 Å². The second kappa shape index (κ2) is 6.26. The molecule has 0 spiro atoms. The molecule has 1 aliphatic heterocycles. The summed E-state index contributed by atoms with van der Waals surface area (Å²) in [5.74, 6) is 0.676. The van der Waals surface area contributed by atoms with E-state index in [1.165, 1.54) is 6.33 Å². The maximum Gasteiger partial charge on any atom is 0.162 e. The lowest BCUT2D eigenvalue weighted by Crippen LogP contribution is -2.31. The standard InChI is InChI=1S/C16H16ClN7/c1-23-8-13(17)15(22-23)9-24-3-2-14-12(7-24)6-20-16(21-14)11-4-18-10-19-5-11/h4-6,8,10H,2-3,7,9H2,1H3. The van der Waals surface area contributed by atoms with Gasteiger partial charge < -0.3 is 0 Å². The van der Waals surface area contributed by atoms with Gasteiger partial charge in [0.25, 0.3) is 0 Å². The number of hydrogen-bond acceptors (Lipinski definition) is 6. The van der Waals surface area contributed by atoms with Gasteiger partial charge in [-0.25, -0.2) is 19.9 Å². The van der Waals surface area contributed by atoms with Crippen LogP contribution in [0.4, 0.5) is 0 Å². The minimum Gasteiger partial charge on any atom is -0.293 e. The molecule has 122 valence electrons. The third-order valence-corrected chi connectivity index (χ3v) is 4.38. The van der Waals surface area contributed by atoms with Gasteiger partial charge in [-0.1, -0.05) is 11.6 Å². The fourth-order valence-corrected chi connectivity index (χ4v) is 3.13. The van der Waals surface area contributed by atoms with Crippen LogP contribution in [0.25, 0.3) is 11.4 Å². The summed E-state index contributed by atoms with van der Waals surface area (Å²) in [7, 11) is 1.88. The molecule has 8 heteroatoms. The van der Waals surface area contributed by atoms with E-state index in [-0.39, 0.29) is 0 Å². The fraction of sp³-hybridized carbons (Fsp3) is 0.312. The van der Waals surface area contributed by atoms with Crippen LogP contribution in [0.15, 0.2) is 31.1 Å². The van der Waals surface area contributed by atoms with Gasteiger partial charge in [-0.05, 0) is 0 Å². The molecule has 0 amide bonds. The molecular weight excluding hydrogens is 326 g/mol. The Morgan fingerprint density at radius 3 is 2.79 bits per heavy atom. The van der Waals surface area contributed by atoms with Gasteiger partial charge in [-0.15, -0.1) is 0 Å². The molecule has 4 heterocycles. The molecule has 7 nitrogen and oxygen atoms in total. The first kappa shape index (κ1) is 15.2. The molecule has 24 heavy (non-hydrogen) atoms. The molecular formula is C16H16ClN7. The van der Waals surface area contributed by atoms with E-state index < -0.39 is 0 Å². The number of rotatable bonds is 3. The summed E-state index contributed by atoms with van der Waals surface area (Å²) in [5, 5.41) is 5.12. The highest BCUT2D eigenvalue weighted by molar-refractivity contribution is 6.31. The SMILES string of the molecule is Cn1cc(Cl)c(CN2CCc3nc(-c4cncnc4)ncc3C2)n1. The molecule has 0 radical (unpaired) electrons. The third kappa shape index (κ3) is 3.00. The number of hydrogen-bond donors (Lipinski definition) is 0. The molecule has 0 saturated carbocycles. The van der Waals surface area contributed by atoms with E-state index in [0.29, 0.717) is 10.8 Å². The van der Waals surface area contributed by atoms with Crippen molar-refractivity contribution < 1.29 is 0 Å². The largest absolute Gasteiger partial charge is 0.293 e. The van der Waals surface area contributed by atoms with Crippen LogP contribution in [0.5, 0.6) is 0 Å². The van der Waals surface area contributed by atoms with Crippen molar-refractivity contribution in [1.82, 2.24) is 34.6 Å². The Morgan fingerprint density at radius 2 is 2.04 bits per heavy atom. The summed E-state index contributed by atoms with van der Waals surface area (Å²) >= 11 is 6.21. The normalized spacial score (nSPS) is 14.6. The molecule has 3 aromatic heterocycles. The van der Waals surface area contributed by atoms with Crippen LogP contribution >= 0.6 is 11.6 Å². The lowest BCUT2D eigenvalue weighted by Gasteiger charge is -2.27. The van der Waals surface area contributed by atoms with E-state index in [9.17, 15) is 0 Å². The molecule has 0 fully saturated rings. The lowest BCUT2D eigenvalue weighted by atomic mass is 10.1. The van der Waals surface area contributed by atoms with Crippen molar-refractivity contribution in [1.29, 1.82) is 0 Å². The topological polar surface area (TPSA) is 72.6 Å². The zero-order chi connectivity index (χ0) is 16.5. The van der Waals surface area contributed by atoms with Crippen molar-refractivity contribution in [2.24, 2.45) is 7.05 Å². The van der Waals surface area contributed by atoms with E-state index in [0.717, 1.165) is 48.6 Å². The van der Waals surface area contributed by atoms with Crippen molar-refractivity contribution in [3.8, 4) is 11.4 Å². The molecule has 0 aliphatic carbocycles. The molecule has 0 atom stereocenters. The second-order valence-corrected chi connectivity index (χ2v) is 6.26. The van der Waals surface area contributed by atoms with Gasteiger partial charge in [0.15, 0.2) is 5.82 Å². The van der Waals surface area contributed by atoms with Crippen molar-refractivity contribution in [3.63, 3.8) is 0 Å². The first-order chi connectivity index (χ1) is 11.7. The summed E-state index contributed by atoms with van der Waals surface area (Å²) in [6.45, 7) is 2.45. The Morgan fingerprint density at radius 1 is 1.21 bits per heavy atom. The second-order valence-electron chi connectivity index (χ2n) is 5.85. The first-order valence-corrected chi connectivity index (χ1v) is 8.07. The smallest absolute Gasteiger partial charge is 0.162 e. The average Bonchev–Trinajstić information content (AvgIpc) is 2.92. The van der Waals surface area contributed by atoms with Crippen molar-refractivity contribution in [2.75, 3.05) is 6.54 Å². The number of nitrogens with zero attached hydrogens (tertiary/aromatic N) is 7. The lowest BCUT2D eigenvalue weighted by molar-refractivity contribution is 0.239. The molecule has 0 bridgehead atoms. The van der Waals surface area contributed by atoms with Crippen LogP contribution in [0.1, 0.15) is 17.0 Å². The highest BCUT2D eigenvalue weighted by Crippen LogP contribution is 2.23. The Labute approximate surface area is 144 Å². The number of aromatic nitrogens is 6. The van der Waals surface area contributed by atoms with Gasteiger partial charge in [0, 0.05) is 63.5 Å². The van der Waals surface area contributed by atoms with E-state index in [2.05, 4.69) is 29.9 Å². The predicted molar refractivity (Wildman–Crippen MR) is 89.1 cm³/mol. The molecule has 1 aliphatic rings. The van der Waals surface area contributed by atoms with Gasteiger partial charge in [-0.3, -0.25) is 9.58 Å². The molecule has 0 N–H and O–H groups in total. The Balaban J connectivity index is 1.53. The zero-order valence-electron chi connectivity index (χ0n) is 13.2. The molecule has 0 aromatic carbocycles. The fourth-order valence-electron chi connectivity index (χ4n) is 2.89. The highest BCUT2D eigenvalue weighted by atomic mass is 35.5. The summed E-state index contributed by atoms with van der Waals surface area (Å²) in [6.07, 6.45) is 9.56. The molecule has 4 rings (SSSR count). The summed E-state index contributed by atoms with van der Waals surface area (Å²) in [5.41, 5.74) is 3.98. The maximum atomic E-state index is 6.21. The minimum atomic E-state index is 0.676. The van der Waals surface area contributed by atoms with E-state index >= 15 is 0 Å². The van der Waals surface area contributed by atoms with Crippen LogP contribution in [0, 0.1) is 0 Å². The van der Waals surface area contributed by atoms with Gasteiger partial charge >= 0.3 is 0 Å². The zero-order valence-corrected chi connectivity index (χ0v) is 14.0. The summed E-state index contributed by atoms with van der Waals surface area (Å²) < 4.78 is 1.74. The van der Waals surface area contributed by atoms with Crippen LogP contribution in [0.2, 0.25) is 5.02 Å². The van der Waals surface area contributed by atoms with Crippen LogP contribution in [0.3, 0.4) is 0 Å². The first-order valence-electron chi connectivity index (χ1n) is 7.69. The summed E-state index contributed by atoms with van der Waals surface area (Å²) in [4.78, 5) is 19.5. The van der Waals surface area contributed by atoms with Crippen molar-refractivity contribution in [2.45, 2.75) is 19.5 Å². The predicted octanol–water partition coefficient (Wildman–Crippen LogP) is 1.88. The summed E-state index contributed by atoms with van der Waals surface area (Å²) in [6, 6.07) is 0. The van der Waals surface area contributed by atoms with Gasteiger partial charge in [-0.2, -0.15) is 5.10 Å².